The molecule has 1 aliphatic heterocycles. The molecule has 2 fully saturated rings. The molecule has 3 N–H and O–H groups in total. The molecule has 1 saturated carbocycles. The average Bonchev–Trinajstić information content (AvgIpc) is 3.06. The Morgan fingerprint density at radius 2 is 2.00 bits per heavy atom. The number of nitrogens with one attached hydrogen (secondary N) is 3. The molecule has 3 atom stereocenters. The summed E-state index contributed by atoms with van der Waals surface area (Å²) in [5.41, 5.74) is -1.07. The number of rotatable bonds is 4. The number of benzene rings is 1. The number of urea groups is 1. The van der Waals surface area contributed by atoms with Crippen molar-refractivity contribution in [2.24, 2.45) is 5.92 Å². The van der Waals surface area contributed by atoms with Crippen molar-refractivity contribution >= 4 is 22.9 Å². The fourth-order valence-electron chi connectivity index (χ4n) is 3.23. The fraction of sp³-hybridized carbons (Fsp3) is 0.429. The molecule has 130 valence electrons. The third-order valence-electron chi connectivity index (χ3n) is 4.45. The summed E-state index contributed by atoms with van der Waals surface area (Å²) < 4.78 is 54.4. The number of carbonyl (C=O) groups is 2. The van der Waals surface area contributed by atoms with E-state index < -0.39 is 50.8 Å². The summed E-state index contributed by atoms with van der Waals surface area (Å²) in [5, 5.41) is 4.78. The molecule has 1 heterocycles. The van der Waals surface area contributed by atoms with Crippen molar-refractivity contribution < 1.29 is 27.0 Å². The van der Waals surface area contributed by atoms with Crippen LogP contribution in [0.4, 0.5) is 18.0 Å². The SMILES string of the molecule is O=C1NC(=O)C2(CCCC2CNS(=O)c2ccc(F)c(F)c2F)N1. The average molecular weight is 361 g/mol. The van der Waals surface area contributed by atoms with Gasteiger partial charge in [0, 0.05) is 12.5 Å². The minimum atomic E-state index is -2.12. The third kappa shape index (κ3) is 2.69. The van der Waals surface area contributed by atoms with Gasteiger partial charge in [-0.05, 0) is 25.0 Å². The van der Waals surface area contributed by atoms with Gasteiger partial charge in [0.15, 0.2) is 17.5 Å². The van der Waals surface area contributed by atoms with Gasteiger partial charge < -0.3 is 5.32 Å². The maximum atomic E-state index is 13.7. The van der Waals surface area contributed by atoms with Gasteiger partial charge >= 0.3 is 6.03 Å². The maximum absolute atomic E-state index is 13.7. The molecular formula is C14H14F3N3O3S. The molecule has 1 aliphatic carbocycles. The Bertz CT molecular complexity index is 745. The topological polar surface area (TPSA) is 87.3 Å². The lowest BCUT2D eigenvalue weighted by atomic mass is 9.87. The van der Waals surface area contributed by atoms with E-state index in [1.807, 2.05) is 0 Å². The first-order valence-corrected chi connectivity index (χ1v) is 8.42. The molecule has 2 aliphatic rings. The first-order valence-electron chi connectivity index (χ1n) is 7.27. The van der Waals surface area contributed by atoms with Crippen LogP contribution < -0.4 is 15.4 Å². The van der Waals surface area contributed by atoms with Crippen molar-refractivity contribution in [2.75, 3.05) is 6.54 Å². The van der Waals surface area contributed by atoms with E-state index in [1.165, 1.54) is 0 Å². The zero-order valence-corrected chi connectivity index (χ0v) is 13.1. The number of halogens is 3. The summed E-state index contributed by atoms with van der Waals surface area (Å²) in [5.74, 6) is -5.37. The zero-order chi connectivity index (χ0) is 17.5. The van der Waals surface area contributed by atoms with E-state index in [9.17, 15) is 27.0 Å². The quantitative estimate of drug-likeness (QED) is 0.554. The van der Waals surface area contributed by atoms with Gasteiger partial charge in [-0.1, -0.05) is 6.42 Å². The molecule has 0 bridgehead atoms. The highest BCUT2D eigenvalue weighted by Gasteiger charge is 2.54. The van der Waals surface area contributed by atoms with Gasteiger partial charge in [-0.15, -0.1) is 0 Å². The van der Waals surface area contributed by atoms with Gasteiger partial charge in [0.2, 0.25) is 0 Å². The van der Waals surface area contributed by atoms with Crippen LogP contribution in [0.25, 0.3) is 0 Å². The predicted octanol–water partition coefficient (Wildman–Crippen LogP) is 1.09. The van der Waals surface area contributed by atoms with Crippen molar-refractivity contribution in [1.82, 2.24) is 15.4 Å². The second-order valence-electron chi connectivity index (χ2n) is 5.76. The molecular weight excluding hydrogens is 347 g/mol. The van der Waals surface area contributed by atoms with Crippen LogP contribution in [-0.2, 0) is 15.8 Å². The molecule has 1 spiro atoms. The Balaban J connectivity index is 1.72. The number of amides is 3. The van der Waals surface area contributed by atoms with E-state index in [4.69, 9.17) is 0 Å². The van der Waals surface area contributed by atoms with Gasteiger partial charge in [0.1, 0.15) is 16.5 Å². The van der Waals surface area contributed by atoms with E-state index in [2.05, 4.69) is 15.4 Å². The molecule has 3 amide bonds. The van der Waals surface area contributed by atoms with Crippen LogP contribution >= 0.6 is 0 Å². The minimum Gasteiger partial charge on any atom is -0.323 e. The highest BCUT2D eigenvalue weighted by molar-refractivity contribution is 7.83. The molecule has 1 aromatic rings. The van der Waals surface area contributed by atoms with E-state index in [1.54, 1.807) is 0 Å². The van der Waals surface area contributed by atoms with E-state index >= 15 is 0 Å². The highest BCUT2D eigenvalue weighted by atomic mass is 32.2. The molecule has 0 radical (unpaired) electrons. The standard InChI is InChI=1S/C14H14F3N3O3S/c15-8-3-4-9(11(17)10(8)16)24(23)18-6-7-2-1-5-14(7)12(21)19-13(22)20-14/h3-4,7,18H,1-2,5-6H2,(H2,19,20,21,22). The van der Waals surface area contributed by atoms with Gasteiger partial charge in [-0.25, -0.2) is 26.9 Å². The third-order valence-corrected chi connectivity index (χ3v) is 5.59. The summed E-state index contributed by atoms with van der Waals surface area (Å²) in [4.78, 5) is 22.9. The van der Waals surface area contributed by atoms with Crippen molar-refractivity contribution in [1.29, 1.82) is 0 Å². The van der Waals surface area contributed by atoms with Crippen LogP contribution in [0.15, 0.2) is 17.0 Å². The Morgan fingerprint density at radius 3 is 2.67 bits per heavy atom. The first-order chi connectivity index (χ1) is 11.3. The van der Waals surface area contributed by atoms with Crippen molar-refractivity contribution in [2.45, 2.75) is 29.7 Å². The molecule has 1 aromatic carbocycles. The predicted molar refractivity (Wildman–Crippen MR) is 77.5 cm³/mol. The largest absolute Gasteiger partial charge is 0.323 e. The number of hydrogen-bond donors (Lipinski definition) is 3. The molecule has 6 nitrogen and oxygen atoms in total. The van der Waals surface area contributed by atoms with Crippen LogP contribution in [0.3, 0.4) is 0 Å². The molecule has 24 heavy (non-hydrogen) atoms. The summed E-state index contributed by atoms with van der Waals surface area (Å²) in [6, 6.07) is 1.00. The lowest BCUT2D eigenvalue weighted by molar-refractivity contribution is -0.125. The van der Waals surface area contributed by atoms with Crippen molar-refractivity contribution in [3.05, 3.63) is 29.6 Å². The molecule has 3 unspecified atom stereocenters. The Kier molecular flexibility index (Phi) is 4.35. The second-order valence-corrected chi connectivity index (χ2v) is 7.03. The summed E-state index contributed by atoms with van der Waals surface area (Å²) in [7, 11) is -2.12. The van der Waals surface area contributed by atoms with Crippen LogP contribution in [0.2, 0.25) is 0 Å². The van der Waals surface area contributed by atoms with Crippen LogP contribution in [0.5, 0.6) is 0 Å². The molecule has 0 aromatic heterocycles. The van der Waals surface area contributed by atoms with Gasteiger partial charge in [0.25, 0.3) is 5.91 Å². The smallest absolute Gasteiger partial charge is 0.322 e. The second kappa shape index (κ2) is 6.17. The lowest BCUT2D eigenvalue weighted by Crippen LogP contribution is -2.52. The van der Waals surface area contributed by atoms with Gasteiger partial charge in [-0.3, -0.25) is 10.1 Å². The van der Waals surface area contributed by atoms with Gasteiger partial charge in [-0.2, -0.15) is 0 Å². The Morgan fingerprint density at radius 1 is 1.25 bits per heavy atom. The fourth-order valence-corrected chi connectivity index (χ4v) is 4.18. The van der Waals surface area contributed by atoms with Crippen molar-refractivity contribution in [3.8, 4) is 0 Å². The highest BCUT2D eigenvalue weighted by Crippen LogP contribution is 2.37. The monoisotopic (exact) mass is 361 g/mol. The summed E-state index contributed by atoms with van der Waals surface area (Å²) >= 11 is 0. The Hall–Kier alpha value is -1.94. The van der Waals surface area contributed by atoms with E-state index in [-0.39, 0.29) is 12.5 Å². The van der Waals surface area contributed by atoms with Crippen LogP contribution in [0, 0.1) is 23.4 Å². The summed E-state index contributed by atoms with van der Waals surface area (Å²) in [6.45, 7) is 0.0404. The van der Waals surface area contributed by atoms with E-state index in [0.29, 0.717) is 25.3 Å². The van der Waals surface area contributed by atoms with Crippen LogP contribution in [-0.4, -0.2) is 28.2 Å². The Labute approximate surface area is 137 Å². The minimum absolute atomic E-state index is 0.0404. The van der Waals surface area contributed by atoms with Crippen LogP contribution in [0.1, 0.15) is 19.3 Å². The molecule has 10 heteroatoms. The van der Waals surface area contributed by atoms with E-state index in [0.717, 1.165) is 6.07 Å². The lowest BCUT2D eigenvalue weighted by Gasteiger charge is -2.28. The number of imide groups is 1. The number of carbonyl (C=O) groups excluding carboxylic acids is 2. The zero-order valence-electron chi connectivity index (χ0n) is 12.3. The normalized spacial score (nSPS) is 27.4. The molecule has 3 rings (SSSR count). The summed E-state index contributed by atoms with van der Waals surface area (Å²) in [6.07, 6.45) is 1.73. The molecule has 1 saturated heterocycles. The van der Waals surface area contributed by atoms with Crippen molar-refractivity contribution in [3.63, 3.8) is 0 Å². The number of hydrogen-bond acceptors (Lipinski definition) is 3. The first kappa shape index (κ1) is 16.9. The maximum Gasteiger partial charge on any atom is 0.322 e. The van der Waals surface area contributed by atoms with Gasteiger partial charge in [0.05, 0.1) is 4.90 Å².